The van der Waals surface area contributed by atoms with Gasteiger partial charge in [0.2, 0.25) is 5.91 Å². The fraction of sp³-hybridized carbons (Fsp3) is 0.375. The van der Waals surface area contributed by atoms with Gasteiger partial charge in [-0.15, -0.1) is 0 Å². The van der Waals surface area contributed by atoms with Gasteiger partial charge in [-0.1, -0.05) is 24.3 Å². The molecular formula is C16H20N2O3. The van der Waals surface area contributed by atoms with Gasteiger partial charge in [-0.2, -0.15) is 0 Å². The summed E-state index contributed by atoms with van der Waals surface area (Å²) in [6.07, 6.45) is 4.87. The summed E-state index contributed by atoms with van der Waals surface area (Å²) in [5.41, 5.74) is 3.74. The summed E-state index contributed by atoms with van der Waals surface area (Å²) in [7, 11) is 0. The van der Waals surface area contributed by atoms with Crippen LogP contribution in [0.2, 0.25) is 0 Å². The first kappa shape index (κ1) is 15.3. The Morgan fingerprint density at radius 1 is 1.29 bits per heavy atom. The molecule has 21 heavy (non-hydrogen) atoms. The van der Waals surface area contributed by atoms with Gasteiger partial charge in [0, 0.05) is 26.1 Å². The van der Waals surface area contributed by atoms with E-state index in [9.17, 15) is 9.59 Å². The third-order valence-electron chi connectivity index (χ3n) is 3.90. The number of piperidine rings is 1. The number of amides is 2. The lowest BCUT2D eigenvalue weighted by molar-refractivity contribution is -0.129. The summed E-state index contributed by atoms with van der Waals surface area (Å²) >= 11 is 0. The second kappa shape index (κ2) is 7.04. The van der Waals surface area contributed by atoms with Gasteiger partial charge >= 0.3 is 0 Å². The molecule has 1 heterocycles. The van der Waals surface area contributed by atoms with Crippen molar-refractivity contribution in [3.63, 3.8) is 0 Å². The van der Waals surface area contributed by atoms with Crippen LogP contribution in [0.1, 0.15) is 36.8 Å². The van der Waals surface area contributed by atoms with Crippen LogP contribution in [0, 0.1) is 0 Å². The summed E-state index contributed by atoms with van der Waals surface area (Å²) in [4.78, 5) is 24.3. The molecule has 5 nitrogen and oxygen atoms in total. The van der Waals surface area contributed by atoms with Gasteiger partial charge in [0.05, 0.1) is 0 Å². The zero-order valence-corrected chi connectivity index (χ0v) is 12.1. The Hall–Kier alpha value is -2.14. The Morgan fingerprint density at radius 2 is 1.95 bits per heavy atom. The smallest absolute Gasteiger partial charge is 0.267 e. The fourth-order valence-corrected chi connectivity index (χ4v) is 2.74. The van der Waals surface area contributed by atoms with Crippen molar-refractivity contribution in [2.24, 2.45) is 0 Å². The zero-order chi connectivity index (χ0) is 15.2. The van der Waals surface area contributed by atoms with Gasteiger partial charge in [-0.25, -0.2) is 5.48 Å². The Kier molecular flexibility index (Phi) is 5.11. The number of benzene rings is 1. The number of nitrogens with zero attached hydrogens (tertiary/aromatic N) is 1. The van der Waals surface area contributed by atoms with E-state index in [0.717, 1.165) is 31.5 Å². The largest absolute Gasteiger partial charge is 0.343 e. The van der Waals surface area contributed by atoms with E-state index in [1.165, 1.54) is 11.6 Å². The van der Waals surface area contributed by atoms with Crippen molar-refractivity contribution >= 4 is 17.9 Å². The summed E-state index contributed by atoms with van der Waals surface area (Å²) in [6, 6.07) is 7.92. The highest BCUT2D eigenvalue weighted by molar-refractivity contribution is 5.91. The molecule has 112 valence electrons. The average Bonchev–Trinajstić information content (AvgIpc) is 2.53. The lowest BCUT2D eigenvalue weighted by atomic mass is 9.86. The van der Waals surface area contributed by atoms with E-state index in [1.54, 1.807) is 18.5 Å². The van der Waals surface area contributed by atoms with Crippen molar-refractivity contribution < 1.29 is 14.8 Å². The first-order chi connectivity index (χ1) is 10.1. The monoisotopic (exact) mass is 288 g/mol. The number of hydroxylamine groups is 1. The molecule has 0 atom stereocenters. The number of rotatable bonds is 3. The second-order valence-electron chi connectivity index (χ2n) is 5.22. The number of carbonyl (C=O) groups is 2. The highest BCUT2D eigenvalue weighted by atomic mass is 16.5. The molecule has 1 fully saturated rings. The van der Waals surface area contributed by atoms with E-state index in [1.807, 2.05) is 23.1 Å². The van der Waals surface area contributed by atoms with Crippen LogP contribution >= 0.6 is 0 Å². The molecule has 1 aliphatic rings. The van der Waals surface area contributed by atoms with Crippen LogP contribution in [0.4, 0.5) is 0 Å². The molecule has 0 unspecified atom stereocenters. The van der Waals surface area contributed by atoms with Gasteiger partial charge in [0.1, 0.15) is 0 Å². The topological polar surface area (TPSA) is 69.6 Å². The molecule has 1 aromatic carbocycles. The number of carbonyl (C=O) groups excluding carboxylic acids is 2. The van der Waals surface area contributed by atoms with E-state index in [4.69, 9.17) is 5.21 Å². The number of hydrogen-bond donors (Lipinski definition) is 2. The van der Waals surface area contributed by atoms with Crippen LogP contribution < -0.4 is 5.48 Å². The van der Waals surface area contributed by atoms with Crippen LogP contribution in [-0.2, 0) is 9.59 Å². The molecule has 2 rings (SSSR count). The van der Waals surface area contributed by atoms with E-state index in [2.05, 4.69) is 6.07 Å². The maximum atomic E-state index is 11.4. The van der Waals surface area contributed by atoms with Gasteiger partial charge in [0.25, 0.3) is 5.91 Å². The van der Waals surface area contributed by atoms with E-state index in [-0.39, 0.29) is 5.91 Å². The van der Waals surface area contributed by atoms with Crippen LogP contribution in [0.5, 0.6) is 0 Å². The predicted octanol–water partition coefficient (Wildman–Crippen LogP) is 1.93. The number of hydrogen-bond acceptors (Lipinski definition) is 3. The van der Waals surface area contributed by atoms with Crippen molar-refractivity contribution in [1.29, 1.82) is 0 Å². The minimum Gasteiger partial charge on any atom is -0.343 e. The third kappa shape index (κ3) is 3.92. The Bertz CT molecular complexity index is 546. The van der Waals surface area contributed by atoms with Crippen molar-refractivity contribution in [2.75, 3.05) is 13.1 Å². The van der Waals surface area contributed by atoms with Gasteiger partial charge in [0.15, 0.2) is 0 Å². The van der Waals surface area contributed by atoms with Crippen LogP contribution in [-0.4, -0.2) is 35.0 Å². The standard InChI is InChI=1S/C16H20N2O3/c1-12(19)18-10-8-14(9-11-18)15-5-3-2-4-13(15)6-7-16(20)17-21/h2-7,14,21H,8-11H2,1H3,(H,17,20)/b7-6+. The quantitative estimate of drug-likeness (QED) is 0.507. The third-order valence-corrected chi connectivity index (χ3v) is 3.90. The maximum absolute atomic E-state index is 11.4. The molecule has 5 heteroatoms. The Labute approximate surface area is 124 Å². The van der Waals surface area contributed by atoms with Crippen LogP contribution in [0.15, 0.2) is 30.3 Å². The SMILES string of the molecule is CC(=O)N1CCC(c2ccccc2/C=C/C(=O)NO)CC1. The zero-order valence-electron chi connectivity index (χ0n) is 12.1. The molecule has 0 spiro atoms. The highest BCUT2D eigenvalue weighted by Gasteiger charge is 2.22. The van der Waals surface area contributed by atoms with E-state index >= 15 is 0 Å². The molecule has 2 N–H and O–H groups in total. The average molecular weight is 288 g/mol. The van der Waals surface area contributed by atoms with Crippen molar-refractivity contribution in [3.8, 4) is 0 Å². The van der Waals surface area contributed by atoms with Crippen LogP contribution in [0.3, 0.4) is 0 Å². The molecule has 0 bridgehead atoms. The first-order valence-electron chi connectivity index (χ1n) is 7.08. The minimum atomic E-state index is -0.545. The van der Waals surface area contributed by atoms with E-state index in [0.29, 0.717) is 5.92 Å². The fourth-order valence-electron chi connectivity index (χ4n) is 2.74. The number of nitrogens with one attached hydrogen (secondary N) is 1. The molecule has 0 aromatic heterocycles. The maximum Gasteiger partial charge on any atom is 0.267 e. The minimum absolute atomic E-state index is 0.126. The lowest BCUT2D eigenvalue weighted by Crippen LogP contribution is -2.36. The highest BCUT2D eigenvalue weighted by Crippen LogP contribution is 2.30. The van der Waals surface area contributed by atoms with Gasteiger partial charge < -0.3 is 4.90 Å². The molecule has 1 aliphatic heterocycles. The van der Waals surface area contributed by atoms with Crippen LogP contribution in [0.25, 0.3) is 6.08 Å². The first-order valence-corrected chi connectivity index (χ1v) is 7.08. The van der Waals surface area contributed by atoms with Gasteiger partial charge in [-0.05, 0) is 36.0 Å². The molecule has 2 amide bonds. The van der Waals surface area contributed by atoms with Gasteiger partial charge in [-0.3, -0.25) is 14.8 Å². The molecule has 1 saturated heterocycles. The normalized spacial score (nSPS) is 16.2. The van der Waals surface area contributed by atoms with E-state index < -0.39 is 5.91 Å². The number of likely N-dealkylation sites (tertiary alicyclic amines) is 1. The molecule has 0 radical (unpaired) electrons. The molecular weight excluding hydrogens is 268 g/mol. The molecule has 0 aliphatic carbocycles. The van der Waals surface area contributed by atoms with Crippen molar-refractivity contribution in [1.82, 2.24) is 10.4 Å². The summed E-state index contributed by atoms with van der Waals surface area (Å²) in [6.45, 7) is 3.15. The summed E-state index contributed by atoms with van der Waals surface area (Å²) in [5.74, 6) is -0.0314. The lowest BCUT2D eigenvalue weighted by Gasteiger charge is -2.32. The summed E-state index contributed by atoms with van der Waals surface area (Å²) < 4.78 is 0. The Morgan fingerprint density at radius 3 is 2.57 bits per heavy atom. The predicted molar refractivity (Wildman–Crippen MR) is 79.6 cm³/mol. The Balaban J connectivity index is 2.12. The molecule has 1 aromatic rings. The second-order valence-corrected chi connectivity index (χ2v) is 5.22. The summed E-state index contributed by atoms with van der Waals surface area (Å²) in [5, 5.41) is 8.52. The molecule has 0 saturated carbocycles. The van der Waals surface area contributed by atoms with Crippen molar-refractivity contribution in [2.45, 2.75) is 25.7 Å². The van der Waals surface area contributed by atoms with Crippen molar-refractivity contribution in [3.05, 3.63) is 41.5 Å².